The van der Waals surface area contributed by atoms with Gasteiger partial charge in [0.1, 0.15) is 5.65 Å². The summed E-state index contributed by atoms with van der Waals surface area (Å²) in [5, 5.41) is 20.9. The van der Waals surface area contributed by atoms with Gasteiger partial charge >= 0.3 is 7.12 Å². The third-order valence-corrected chi connectivity index (χ3v) is 3.82. The first-order chi connectivity index (χ1) is 10.8. The van der Waals surface area contributed by atoms with E-state index >= 15 is 0 Å². The van der Waals surface area contributed by atoms with E-state index in [2.05, 4.69) is 4.98 Å². The van der Waals surface area contributed by atoms with Gasteiger partial charge < -0.3 is 10.0 Å². The molecule has 22 heavy (non-hydrogen) atoms. The molecule has 0 aliphatic heterocycles. The van der Waals surface area contributed by atoms with Crippen molar-refractivity contribution in [2.24, 2.45) is 0 Å². The highest BCUT2D eigenvalue weighted by Crippen LogP contribution is 2.29. The second-order valence-electron chi connectivity index (χ2n) is 5.17. The smallest absolute Gasteiger partial charge is 0.422 e. The van der Waals surface area contributed by atoms with Gasteiger partial charge in [-0.05, 0) is 30.3 Å². The predicted molar refractivity (Wildman–Crippen MR) is 88.4 cm³/mol. The monoisotopic (exact) mass is 288 g/mol. The van der Waals surface area contributed by atoms with Gasteiger partial charge in [0.15, 0.2) is 0 Å². The molecule has 0 aliphatic carbocycles. The Kier molecular flexibility index (Phi) is 2.96. The first-order valence-electron chi connectivity index (χ1n) is 7.07. The zero-order valence-corrected chi connectivity index (χ0v) is 11.7. The Bertz CT molecular complexity index is 964. The van der Waals surface area contributed by atoms with Crippen molar-refractivity contribution in [2.45, 2.75) is 0 Å². The van der Waals surface area contributed by atoms with Crippen LogP contribution in [-0.2, 0) is 0 Å². The molecule has 2 aromatic carbocycles. The summed E-state index contributed by atoms with van der Waals surface area (Å²) in [6.45, 7) is 0. The Morgan fingerprint density at radius 2 is 1.50 bits per heavy atom. The largest absolute Gasteiger partial charge is 0.508 e. The zero-order chi connectivity index (χ0) is 15.1. The number of benzene rings is 2. The van der Waals surface area contributed by atoms with E-state index in [1.54, 1.807) is 6.07 Å². The van der Waals surface area contributed by atoms with Crippen LogP contribution in [-0.4, -0.2) is 26.7 Å². The standard InChI is InChI=1S/C17H13BN2O2/c21-18(22)16-11-10-14-13-8-4-5-9-15(13)20(17(14)19-16)12-6-2-1-3-7-12/h1-11,21-22H. The second kappa shape index (κ2) is 4.98. The van der Waals surface area contributed by atoms with Crippen LogP contribution in [0, 0.1) is 0 Å². The molecule has 2 heterocycles. The van der Waals surface area contributed by atoms with Gasteiger partial charge in [0.2, 0.25) is 0 Å². The summed E-state index contributed by atoms with van der Waals surface area (Å²) >= 11 is 0. The van der Waals surface area contributed by atoms with Crippen LogP contribution in [0.2, 0.25) is 0 Å². The van der Waals surface area contributed by atoms with Crippen molar-refractivity contribution >= 4 is 34.6 Å². The molecular formula is C17H13BN2O2. The van der Waals surface area contributed by atoms with Crippen LogP contribution in [0.1, 0.15) is 0 Å². The maximum absolute atomic E-state index is 9.40. The van der Waals surface area contributed by atoms with Gasteiger partial charge in [0, 0.05) is 16.5 Å². The van der Waals surface area contributed by atoms with E-state index in [9.17, 15) is 10.0 Å². The van der Waals surface area contributed by atoms with Crippen molar-refractivity contribution in [1.82, 2.24) is 9.55 Å². The van der Waals surface area contributed by atoms with Crippen molar-refractivity contribution in [2.75, 3.05) is 0 Å². The van der Waals surface area contributed by atoms with E-state index in [1.807, 2.05) is 65.2 Å². The summed E-state index contributed by atoms with van der Waals surface area (Å²) in [7, 11) is -1.58. The van der Waals surface area contributed by atoms with Crippen molar-refractivity contribution in [3.8, 4) is 5.69 Å². The molecule has 0 aliphatic rings. The van der Waals surface area contributed by atoms with Gasteiger partial charge in [-0.2, -0.15) is 0 Å². The van der Waals surface area contributed by atoms with Crippen LogP contribution in [0.3, 0.4) is 0 Å². The third-order valence-electron chi connectivity index (χ3n) is 3.82. The SMILES string of the molecule is OB(O)c1ccc2c3ccccc3n(-c3ccccc3)c2n1. The molecule has 0 radical (unpaired) electrons. The Morgan fingerprint density at radius 3 is 2.27 bits per heavy atom. The van der Waals surface area contributed by atoms with Gasteiger partial charge in [-0.1, -0.05) is 36.4 Å². The van der Waals surface area contributed by atoms with Crippen molar-refractivity contribution in [3.05, 3.63) is 66.7 Å². The van der Waals surface area contributed by atoms with Gasteiger partial charge in [0.25, 0.3) is 0 Å². The normalized spacial score (nSPS) is 11.2. The average molecular weight is 288 g/mol. The topological polar surface area (TPSA) is 58.3 Å². The van der Waals surface area contributed by atoms with Crippen LogP contribution in [0.5, 0.6) is 0 Å². The lowest BCUT2D eigenvalue weighted by atomic mass is 9.85. The van der Waals surface area contributed by atoms with E-state index in [0.717, 1.165) is 27.6 Å². The molecule has 4 nitrogen and oxygen atoms in total. The zero-order valence-electron chi connectivity index (χ0n) is 11.7. The fourth-order valence-corrected chi connectivity index (χ4v) is 2.84. The molecular weight excluding hydrogens is 275 g/mol. The number of pyridine rings is 1. The van der Waals surface area contributed by atoms with Gasteiger partial charge in [-0.15, -0.1) is 0 Å². The molecule has 4 aromatic rings. The molecule has 2 N–H and O–H groups in total. The molecule has 2 aromatic heterocycles. The quantitative estimate of drug-likeness (QED) is 0.553. The summed E-state index contributed by atoms with van der Waals surface area (Å²) in [4.78, 5) is 4.45. The van der Waals surface area contributed by atoms with Gasteiger partial charge in [-0.3, -0.25) is 4.57 Å². The Morgan fingerprint density at radius 1 is 0.773 bits per heavy atom. The maximum atomic E-state index is 9.40. The third kappa shape index (κ3) is 1.91. The van der Waals surface area contributed by atoms with E-state index in [-0.39, 0.29) is 5.59 Å². The fourth-order valence-electron chi connectivity index (χ4n) is 2.84. The van der Waals surface area contributed by atoms with Gasteiger partial charge in [0.05, 0.1) is 11.1 Å². The molecule has 0 spiro atoms. The van der Waals surface area contributed by atoms with Crippen LogP contribution >= 0.6 is 0 Å². The molecule has 0 fully saturated rings. The number of fused-ring (bicyclic) bond motifs is 3. The summed E-state index contributed by atoms with van der Waals surface area (Å²) in [6, 6.07) is 21.5. The molecule has 0 amide bonds. The highest BCUT2D eigenvalue weighted by molar-refractivity contribution is 6.57. The minimum atomic E-state index is -1.58. The van der Waals surface area contributed by atoms with E-state index in [4.69, 9.17) is 0 Å². The van der Waals surface area contributed by atoms with Crippen LogP contribution in [0.4, 0.5) is 0 Å². The lowest BCUT2D eigenvalue weighted by Gasteiger charge is -2.07. The summed E-state index contributed by atoms with van der Waals surface area (Å²) in [5.74, 6) is 0. The molecule has 0 saturated carbocycles. The minimum Gasteiger partial charge on any atom is -0.422 e. The Labute approximate surface area is 127 Å². The highest BCUT2D eigenvalue weighted by Gasteiger charge is 2.18. The summed E-state index contributed by atoms with van der Waals surface area (Å²) in [5.41, 5.74) is 3.00. The van der Waals surface area contributed by atoms with Crippen LogP contribution < -0.4 is 5.59 Å². The molecule has 0 bridgehead atoms. The summed E-state index contributed by atoms with van der Waals surface area (Å²) < 4.78 is 2.04. The van der Waals surface area contributed by atoms with Crippen molar-refractivity contribution in [1.29, 1.82) is 0 Å². The number of hydrogen-bond donors (Lipinski definition) is 2. The van der Waals surface area contributed by atoms with Crippen LogP contribution in [0.25, 0.3) is 27.6 Å². The Hall–Kier alpha value is -2.63. The maximum Gasteiger partial charge on any atom is 0.508 e. The summed E-state index contributed by atoms with van der Waals surface area (Å²) in [6.07, 6.45) is 0. The van der Waals surface area contributed by atoms with Gasteiger partial charge in [-0.25, -0.2) is 4.98 Å². The number of hydrogen-bond acceptors (Lipinski definition) is 3. The fraction of sp³-hybridized carbons (Fsp3) is 0. The Balaban J connectivity index is 2.16. The molecule has 5 heteroatoms. The van der Waals surface area contributed by atoms with E-state index < -0.39 is 7.12 Å². The molecule has 4 rings (SSSR count). The van der Waals surface area contributed by atoms with E-state index in [1.165, 1.54) is 0 Å². The first-order valence-corrected chi connectivity index (χ1v) is 7.07. The highest BCUT2D eigenvalue weighted by atomic mass is 16.4. The predicted octanol–water partition coefficient (Wildman–Crippen LogP) is 1.86. The van der Waals surface area contributed by atoms with Crippen molar-refractivity contribution in [3.63, 3.8) is 0 Å². The lowest BCUT2D eigenvalue weighted by Crippen LogP contribution is -2.32. The second-order valence-corrected chi connectivity index (χ2v) is 5.17. The molecule has 0 unspecified atom stereocenters. The lowest BCUT2D eigenvalue weighted by molar-refractivity contribution is 0.424. The van der Waals surface area contributed by atoms with E-state index in [0.29, 0.717) is 0 Å². The van der Waals surface area contributed by atoms with Crippen LogP contribution in [0.15, 0.2) is 66.7 Å². The van der Waals surface area contributed by atoms with Crippen molar-refractivity contribution < 1.29 is 10.0 Å². The molecule has 0 saturated heterocycles. The number of nitrogens with zero attached hydrogens (tertiary/aromatic N) is 2. The minimum absolute atomic E-state index is 0.243. The number of aromatic nitrogens is 2. The first kappa shape index (κ1) is 13.1. The average Bonchev–Trinajstić information content (AvgIpc) is 2.89. The molecule has 106 valence electrons. The number of para-hydroxylation sites is 2. The molecule has 0 atom stereocenters. The number of rotatable bonds is 2.